The maximum Gasteiger partial charge on any atom is 2.00 e. The van der Waals surface area contributed by atoms with Crippen LogP contribution in [0.15, 0.2) is 0 Å². The van der Waals surface area contributed by atoms with Gasteiger partial charge in [-0.25, -0.2) is 0 Å². The second kappa shape index (κ2) is 15.5. The van der Waals surface area contributed by atoms with Gasteiger partial charge in [-0.3, -0.25) is 0 Å². The quantitative estimate of drug-likeness (QED) is 0.275. The molecule has 0 rings (SSSR count). The minimum absolute atomic E-state index is 0. The zero-order chi connectivity index (χ0) is 13.7. The fourth-order valence-electron chi connectivity index (χ4n) is 2.15. The van der Waals surface area contributed by atoms with Crippen LogP contribution in [0, 0.1) is 0 Å². The Bertz CT molecular complexity index is 219. The Morgan fingerprint density at radius 1 is 0.684 bits per heavy atom. The van der Waals surface area contributed by atoms with E-state index in [0.717, 1.165) is 12.8 Å². The molecule has 0 aromatic heterocycles. The molecule has 0 aromatic carbocycles. The largest absolute Gasteiger partial charge is 2.00 e. The molecule has 0 saturated heterocycles. The molecule has 0 atom stereocenters. The van der Waals surface area contributed by atoms with Crippen molar-refractivity contribution < 1.29 is 41.7 Å². The van der Waals surface area contributed by atoms with Crippen molar-refractivity contribution >= 4 is 7.60 Å². The van der Waals surface area contributed by atoms with Gasteiger partial charge in [-0.05, 0) is 12.6 Å². The van der Waals surface area contributed by atoms with E-state index < -0.39 is 7.60 Å². The standard InChI is InChI=1S/C14H31O3P.Cd/c1-2-3-4-5-6-7-8-9-10-11-12-13-14-18(15,16)17;/h2-14H2,1H3,(H2,15,16,17);/q;+2/p-2. The van der Waals surface area contributed by atoms with E-state index in [0.29, 0.717) is 6.42 Å². The first-order chi connectivity index (χ1) is 8.56. The van der Waals surface area contributed by atoms with Crippen molar-refractivity contribution in [3.63, 3.8) is 0 Å². The van der Waals surface area contributed by atoms with Crippen molar-refractivity contribution in [2.24, 2.45) is 0 Å². The normalized spacial score (nSPS) is 11.3. The smallest absolute Gasteiger partial charge is 0.811 e. The van der Waals surface area contributed by atoms with E-state index in [1.54, 1.807) is 0 Å². The van der Waals surface area contributed by atoms with Crippen molar-refractivity contribution in [3.8, 4) is 0 Å². The molecule has 0 unspecified atom stereocenters. The van der Waals surface area contributed by atoms with E-state index in [1.165, 1.54) is 57.8 Å². The second-order valence-electron chi connectivity index (χ2n) is 5.22. The van der Waals surface area contributed by atoms with Crippen LogP contribution >= 0.6 is 7.60 Å². The van der Waals surface area contributed by atoms with E-state index >= 15 is 0 Å². The number of unbranched alkanes of at least 4 members (excludes halogenated alkanes) is 11. The summed E-state index contributed by atoms with van der Waals surface area (Å²) in [7, 11) is -4.25. The van der Waals surface area contributed by atoms with E-state index in [2.05, 4.69) is 6.92 Å². The summed E-state index contributed by atoms with van der Waals surface area (Å²) in [4.78, 5) is 20.8. The summed E-state index contributed by atoms with van der Waals surface area (Å²) in [6.45, 7) is 2.23. The Morgan fingerprint density at radius 2 is 1.00 bits per heavy atom. The Labute approximate surface area is 139 Å². The number of rotatable bonds is 13. The third-order valence-electron chi connectivity index (χ3n) is 3.29. The van der Waals surface area contributed by atoms with Gasteiger partial charge in [0.1, 0.15) is 0 Å². The van der Waals surface area contributed by atoms with Crippen LogP contribution in [0.2, 0.25) is 0 Å². The van der Waals surface area contributed by atoms with Gasteiger partial charge in [-0.2, -0.15) is 0 Å². The van der Waals surface area contributed by atoms with Gasteiger partial charge < -0.3 is 14.4 Å². The van der Waals surface area contributed by atoms with Crippen LogP contribution in [0.3, 0.4) is 0 Å². The molecular formula is C14H29CdO3P. The molecule has 5 heteroatoms. The molecule has 0 aromatic rings. The Balaban J connectivity index is 0. The third kappa shape index (κ3) is 21.5. The van der Waals surface area contributed by atoms with Crippen LogP contribution in [0.25, 0.3) is 0 Å². The summed E-state index contributed by atoms with van der Waals surface area (Å²) >= 11 is 0. The Hall–Kier alpha value is 1.07. The van der Waals surface area contributed by atoms with Crippen molar-refractivity contribution in [2.45, 2.75) is 84.0 Å². The summed E-state index contributed by atoms with van der Waals surface area (Å²) in [5.74, 6) is 0. The second-order valence-corrected chi connectivity index (χ2v) is 6.89. The van der Waals surface area contributed by atoms with Gasteiger partial charge in [0.05, 0.1) is 0 Å². The molecule has 0 spiro atoms. The topological polar surface area (TPSA) is 63.2 Å². The van der Waals surface area contributed by atoms with Crippen molar-refractivity contribution in [3.05, 3.63) is 0 Å². The summed E-state index contributed by atoms with van der Waals surface area (Å²) < 4.78 is 10.4. The molecule has 19 heavy (non-hydrogen) atoms. The van der Waals surface area contributed by atoms with Crippen molar-refractivity contribution in [1.29, 1.82) is 0 Å². The molecule has 0 aliphatic rings. The molecule has 0 heterocycles. The molecule has 110 valence electrons. The summed E-state index contributed by atoms with van der Waals surface area (Å²) in [6, 6.07) is 0. The summed E-state index contributed by atoms with van der Waals surface area (Å²) in [5.41, 5.74) is 0. The van der Waals surface area contributed by atoms with Gasteiger partial charge in [-0.15, -0.1) is 0 Å². The van der Waals surface area contributed by atoms with Gasteiger partial charge >= 0.3 is 27.3 Å². The molecule has 0 aliphatic heterocycles. The summed E-state index contributed by atoms with van der Waals surface area (Å²) in [5, 5.41) is 0. The first-order valence-electron chi connectivity index (χ1n) is 7.57. The van der Waals surface area contributed by atoms with E-state index in [-0.39, 0.29) is 33.5 Å². The fraction of sp³-hybridized carbons (Fsp3) is 1.00. The molecule has 0 amide bonds. The van der Waals surface area contributed by atoms with Crippen LogP contribution in [0.4, 0.5) is 0 Å². The SMILES string of the molecule is CCCCCCCCCCCCCCP(=O)([O-])[O-].[Cd+2]. The summed E-state index contributed by atoms with van der Waals surface area (Å²) in [6.07, 6.45) is 14.2. The molecule has 0 saturated carbocycles. The monoisotopic (exact) mass is 390 g/mol. The average molecular weight is 389 g/mol. The van der Waals surface area contributed by atoms with Gasteiger partial charge in [0.25, 0.3) is 0 Å². The average Bonchev–Trinajstić information content (AvgIpc) is 2.29. The molecule has 3 nitrogen and oxygen atoms in total. The van der Waals surface area contributed by atoms with E-state index in [4.69, 9.17) is 0 Å². The van der Waals surface area contributed by atoms with E-state index in [9.17, 15) is 14.4 Å². The predicted octanol–water partition coefficient (Wildman–Crippen LogP) is 3.60. The van der Waals surface area contributed by atoms with Crippen LogP contribution < -0.4 is 9.79 Å². The van der Waals surface area contributed by atoms with E-state index in [1.807, 2.05) is 0 Å². The van der Waals surface area contributed by atoms with Crippen molar-refractivity contribution in [2.75, 3.05) is 6.16 Å². The predicted molar refractivity (Wildman–Crippen MR) is 73.6 cm³/mol. The zero-order valence-electron chi connectivity index (χ0n) is 12.6. The van der Waals surface area contributed by atoms with Crippen LogP contribution in [0.1, 0.15) is 84.0 Å². The molecule has 0 aliphatic carbocycles. The maximum absolute atomic E-state index is 10.4. The fourth-order valence-corrected chi connectivity index (χ4v) is 2.76. The molecule has 0 fully saturated rings. The minimum Gasteiger partial charge on any atom is -0.811 e. The van der Waals surface area contributed by atoms with Crippen LogP contribution in [-0.4, -0.2) is 6.16 Å². The van der Waals surface area contributed by atoms with Crippen LogP contribution in [0.5, 0.6) is 0 Å². The first-order valence-corrected chi connectivity index (χ1v) is 9.30. The number of hydrogen-bond donors (Lipinski definition) is 0. The first kappa shape index (κ1) is 22.4. The Kier molecular flexibility index (Phi) is 18.2. The van der Waals surface area contributed by atoms with Gasteiger partial charge in [-0.1, -0.05) is 85.1 Å². The van der Waals surface area contributed by atoms with Gasteiger partial charge in [0.2, 0.25) is 0 Å². The number of hydrogen-bond acceptors (Lipinski definition) is 3. The molecular weight excluding hydrogens is 360 g/mol. The van der Waals surface area contributed by atoms with Gasteiger partial charge in [0.15, 0.2) is 0 Å². The maximum atomic E-state index is 10.4. The third-order valence-corrected chi connectivity index (χ3v) is 4.15. The van der Waals surface area contributed by atoms with Crippen molar-refractivity contribution in [1.82, 2.24) is 0 Å². The molecule has 0 bridgehead atoms. The molecule has 0 N–H and O–H groups in total. The van der Waals surface area contributed by atoms with Crippen LogP contribution in [-0.2, 0) is 31.9 Å². The minimum atomic E-state index is -4.25. The van der Waals surface area contributed by atoms with Gasteiger partial charge in [0, 0.05) is 0 Å². The Morgan fingerprint density at radius 3 is 1.32 bits per heavy atom. The zero-order valence-corrected chi connectivity index (χ0v) is 17.5. The molecule has 0 radical (unpaired) electrons.